The Morgan fingerprint density at radius 2 is 2.17 bits per heavy atom. The molecule has 0 saturated carbocycles. The molecule has 0 aromatic carbocycles. The molecule has 1 aliphatic heterocycles. The van der Waals surface area contributed by atoms with Crippen LogP contribution in [0.25, 0.3) is 0 Å². The van der Waals surface area contributed by atoms with E-state index in [1.54, 1.807) is 0 Å². The molecule has 102 valence electrons. The Kier molecular flexibility index (Phi) is 3.70. The summed E-state index contributed by atoms with van der Waals surface area (Å²) in [5, 5.41) is 3.99. The number of hydrogen-bond acceptors (Lipinski definition) is 6. The third-order valence-corrected chi connectivity index (χ3v) is 3.21. The first kappa shape index (κ1) is 13.5. The molecule has 0 bridgehead atoms. The monoisotopic (exact) mass is 254 g/mol. The Labute approximate surface area is 107 Å². The number of hydrogen-bond donors (Lipinski definition) is 1. The van der Waals surface area contributed by atoms with Crippen LogP contribution in [-0.4, -0.2) is 41.8 Å². The summed E-state index contributed by atoms with van der Waals surface area (Å²) in [4.78, 5) is 6.57. The normalized spacial score (nSPS) is 24.2. The highest BCUT2D eigenvalue weighted by molar-refractivity contribution is 4.99. The van der Waals surface area contributed by atoms with Crippen molar-refractivity contribution in [1.82, 2.24) is 15.0 Å². The van der Waals surface area contributed by atoms with Gasteiger partial charge in [-0.2, -0.15) is 4.98 Å². The number of ether oxygens (including phenoxy) is 1. The minimum Gasteiger partial charge on any atom is -0.367 e. The van der Waals surface area contributed by atoms with Gasteiger partial charge >= 0.3 is 0 Å². The molecule has 0 aliphatic carbocycles. The van der Waals surface area contributed by atoms with Gasteiger partial charge in [-0.25, -0.2) is 0 Å². The lowest BCUT2D eigenvalue weighted by Crippen LogP contribution is -2.35. The van der Waals surface area contributed by atoms with Gasteiger partial charge in [0.2, 0.25) is 11.7 Å². The third-order valence-electron chi connectivity index (χ3n) is 3.21. The Morgan fingerprint density at radius 3 is 2.78 bits per heavy atom. The highest BCUT2D eigenvalue weighted by Gasteiger charge is 2.30. The smallest absolute Gasteiger partial charge is 0.244 e. The van der Waals surface area contributed by atoms with Crippen LogP contribution in [0.3, 0.4) is 0 Å². The average molecular weight is 254 g/mol. The van der Waals surface area contributed by atoms with Crippen molar-refractivity contribution < 1.29 is 9.26 Å². The number of rotatable bonds is 2. The van der Waals surface area contributed by atoms with E-state index in [9.17, 15) is 0 Å². The molecule has 1 aliphatic rings. The van der Waals surface area contributed by atoms with E-state index in [1.165, 1.54) is 0 Å². The van der Waals surface area contributed by atoms with E-state index >= 15 is 0 Å². The fourth-order valence-corrected chi connectivity index (χ4v) is 1.81. The van der Waals surface area contributed by atoms with Crippen molar-refractivity contribution in [1.29, 1.82) is 0 Å². The molecule has 0 radical (unpaired) electrons. The topological polar surface area (TPSA) is 77.4 Å². The number of nitrogens with zero attached hydrogens (tertiary/aromatic N) is 3. The molecule has 2 heterocycles. The lowest BCUT2D eigenvalue weighted by molar-refractivity contribution is -0.0264. The Balaban J connectivity index is 2.10. The maximum Gasteiger partial charge on any atom is 0.244 e. The minimum absolute atomic E-state index is 0.103. The first-order valence-corrected chi connectivity index (χ1v) is 6.27. The number of morpholine rings is 1. The fourth-order valence-electron chi connectivity index (χ4n) is 1.81. The second-order valence-corrected chi connectivity index (χ2v) is 5.96. The second kappa shape index (κ2) is 4.95. The Hall–Kier alpha value is -0.980. The molecule has 6 nitrogen and oxygen atoms in total. The zero-order valence-electron chi connectivity index (χ0n) is 11.5. The van der Waals surface area contributed by atoms with E-state index in [1.807, 2.05) is 20.8 Å². The standard InChI is InChI=1S/C12H22N4O2/c1-12(2,3)9(13)11-14-10(15-18-11)8-7-16(4)5-6-17-8/h8-9H,5-7,13H2,1-4H3/t8?,9-/m0/s1. The van der Waals surface area contributed by atoms with Crippen LogP contribution in [0.5, 0.6) is 0 Å². The minimum atomic E-state index is -0.264. The fraction of sp³-hybridized carbons (Fsp3) is 0.833. The largest absolute Gasteiger partial charge is 0.367 e. The van der Waals surface area contributed by atoms with Gasteiger partial charge in [0.1, 0.15) is 6.10 Å². The van der Waals surface area contributed by atoms with Gasteiger partial charge in [0.25, 0.3) is 0 Å². The van der Waals surface area contributed by atoms with Crippen LogP contribution in [0.4, 0.5) is 0 Å². The molecule has 2 rings (SSSR count). The van der Waals surface area contributed by atoms with Crippen molar-refractivity contribution >= 4 is 0 Å². The third kappa shape index (κ3) is 2.88. The predicted molar refractivity (Wildman–Crippen MR) is 66.9 cm³/mol. The van der Waals surface area contributed by atoms with Crippen molar-refractivity contribution in [3.8, 4) is 0 Å². The molecule has 1 aromatic heterocycles. The Bertz CT molecular complexity index is 399. The highest BCUT2D eigenvalue weighted by Crippen LogP contribution is 2.30. The van der Waals surface area contributed by atoms with Gasteiger partial charge in [0, 0.05) is 13.1 Å². The molecule has 0 spiro atoms. The van der Waals surface area contributed by atoms with Crippen molar-refractivity contribution in [3.05, 3.63) is 11.7 Å². The van der Waals surface area contributed by atoms with Gasteiger partial charge in [0.15, 0.2) is 0 Å². The summed E-state index contributed by atoms with van der Waals surface area (Å²) in [6, 6.07) is -0.264. The SMILES string of the molecule is CN1CCOC(c2noc([C@H](N)C(C)(C)C)n2)C1. The molecule has 0 amide bonds. The molecular weight excluding hydrogens is 232 g/mol. The molecule has 6 heteroatoms. The molecular formula is C12H22N4O2. The summed E-state index contributed by atoms with van der Waals surface area (Å²) >= 11 is 0. The number of nitrogens with two attached hydrogens (primary N) is 1. The molecule has 1 aromatic rings. The predicted octanol–water partition coefficient (Wildman–Crippen LogP) is 1.12. The zero-order valence-corrected chi connectivity index (χ0v) is 11.5. The van der Waals surface area contributed by atoms with Crippen LogP contribution >= 0.6 is 0 Å². The van der Waals surface area contributed by atoms with Crippen molar-refractivity contribution in [2.24, 2.45) is 11.1 Å². The van der Waals surface area contributed by atoms with Gasteiger partial charge in [0.05, 0.1) is 12.6 Å². The summed E-state index contributed by atoms with van der Waals surface area (Å²) in [7, 11) is 2.05. The van der Waals surface area contributed by atoms with E-state index in [0.29, 0.717) is 18.3 Å². The van der Waals surface area contributed by atoms with Crippen molar-refractivity contribution in [2.75, 3.05) is 26.7 Å². The van der Waals surface area contributed by atoms with E-state index in [0.717, 1.165) is 13.1 Å². The zero-order chi connectivity index (χ0) is 13.3. The van der Waals surface area contributed by atoms with Gasteiger partial charge in [-0.15, -0.1) is 0 Å². The first-order valence-electron chi connectivity index (χ1n) is 6.27. The van der Waals surface area contributed by atoms with E-state index < -0.39 is 0 Å². The van der Waals surface area contributed by atoms with Gasteiger partial charge in [-0.1, -0.05) is 25.9 Å². The number of likely N-dealkylation sites (N-methyl/N-ethyl adjacent to an activating group) is 1. The molecule has 18 heavy (non-hydrogen) atoms. The summed E-state index contributed by atoms with van der Waals surface area (Å²) in [6.07, 6.45) is -0.117. The van der Waals surface area contributed by atoms with Crippen molar-refractivity contribution in [2.45, 2.75) is 32.9 Å². The van der Waals surface area contributed by atoms with Crippen LogP contribution < -0.4 is 5.73 Å². The lowest BCUT2D eigenvalue weighted by atomic mass is 9.87. The first-order chi connectivity index (χ1) is 8.38. The highest BCUT2D eigenvalue weighted by atomic mass is 16.5. The van der Waals surface area contributed by atoms with Crippen molar-refractivity contribution in [3.63, 3.8) is 0 Å². The maximum absolute atomic E-state index is 6.09. The second-order valence-electron chi connectivity index (χ2n) is 5.96. The van der Waals surface area contributed by atoms with Crippen LogP contribution in [-0.2, 0) is 4.74 Å². The van der Waals surface area contributed by atoms with E-state index in [2.05, 4.69) is 22.1 Å². The quantitative estimate of drug-likeness (QED) is 0.852. The van der Waals surface area contributed by atoms with Crippen LogP contribution in [0.2, 0.25) is 0 Å². The summed E-state index contributed by atoms with van der Waals surface area (Å²) < 4.78 is 10.9. The summed E-state index contributed by atoms with van der Waals surface area (Å²) in [5.74, 6) is 1.07. The Morgan fingerprint density at radius 1 is 1.44 bits per heavy atom. The van der Waals surface area contributed by atoms with Crippen LogP contribution in [0, 0.1) is 5.41 Å². The van der Waals surface area contributed by atoms with Crippen LogP contribution in [0.15, 0.2) is 4.52 Å². The van der Waals surface area contributed by atoms with Gasteiger partial charge in [-0.3, -0.25) is 0 Å². The molecule has 1 fully saturated rings. The lowest BCUT2D eigenvalue weighted by Gasteiger charge is -2.28. The maximum atomic E-state index is 6.09. The molecule has 2 atom stereocenters. The molecule has 1 unspecified atom stereocenters. The average Bonchev–Trinajstić information content (AvgIpc) is 2.75. The molecule has 2 N–H and O–H groups in total. The summed E-state index contributed by atoms with van der Waals surface area (Å²) in [6.45, 7) is 8.55. The van der Waals surface area contributed by atoms with E-state index in [4.69, 9.17) is 15.0 Å². The van der Waals surface area contributed by atoms with Gasteiger partial charge < -0.3 is 19.9 Å². The molecule has 1 saturated heterocycles. The van der Waals surface area contributed by atoms with Crippen LogP contribution in [0.1, 0.15) is 44.6 Å². The summed E-state index contributed by atoms with van der Waals surface area (Å²) in [5.41, 5.74) is 5.99. The van der Waals surface area contributed by atoms with E-state index in [-0.39, 0.29) is 17.6 Å². The van der Waals surface area contributed by atoms with Gasteiger partial charge in [-0.05, 0) is 12.5 Å². The number of aromatic nitrogens is 2.